The van der Waals surface area contributed by atoms with E-state index in [4.69, 9.17) is 51.5 Å². The van der Waals surface area contributed by atoms with Gasteiger partial charge in [-0.15, -0.1) is 22.0 Å². The number of thioether (sulfide) groups is 1. The van der Waals surface area contributed by atoms with E-state index in [1.165, 1.54) is 5.56 Å². The highest BCUT2D eigenvalue weighted by atomic mass is 35.5. The molecule has 6 rings (SSSR count). The first kappa shape index (κ1) is 25.5. The zero-order valence-corrected chi connectivity index (χ0v) is 24.2. The number of nitrogens with zero attached hydrogens (tertiary/aromatic N) is 4. The molecule has 4 aromatic rings. The lowest BCUT2D eigenvalue weighted by molar-refractivity contribution is 0.723. The summed E-state index contributed by atoms with van der Waals surface area (Å²) in [5.74, 6) is 0.0779. The van der Waals surface area contributed by atoms with Gasteiger partial charge in [-0.05, 0) is 67.5 Å². The minimum Gasteiger partial charge on any atom is -0.234 e. The lowest BCUT2D eigenvalue weighted by Gasteiger charge is -2.18. The van der Waals surface area contributed by atoms with Gasteiger partial charge in [0, 0.05) is 26.4 Å². The second-order valence-electron chi connectivity index (χ2n) is 9.07. The number of halogens is 4. The fourth-order valence-corrected chi connectivity index (χ4v) is 7.47. The van der Waals surface area contributed by atoms with Crippen LogP contribution in [0.4, 0.5) is 0 Å². The number of rotatable bonds is 6. The largest absolute Gasteiger partial charge is 0.234 e. The van der Waals surface area contributed by atoms with E-state index in [9.17, 15) is 0 Å². The maximum Gasteiger partial charge on any atom is 0.169 e. The fourth-order valence-electron chi connectivity index (χ4n) is 4.75. The molecule has 2 aromatic carbocycles. The molecule has 0 spiro atoms. The normalized spacial score (nSPS) is 18.2. The molecule has 0 bridgehead atoms. The minimum absolute atomic E-state index is 0.0779. The van der Waals surface area contributed by atoms with Crippen LogP contribution in [0.3, 0.4) is 0 Å². The van der Waals surface area contributed by atoms with Crippen molar-refractivity contribution >= 4 is 69.5 Å². The molecule has 0 N–H and O–H groups in total. The summed E-state index contributed by atoms with van der Waals surface area (Å²) in [7, 11) is 0. The van der Waals surface area contributed by atoms with Gasteiger partial charge in [-0.1, -0.05) is 82.0 Å². The van der Waals surface area contributed by atoms with Crippen LogP contribution < -0.4 is 0 Å². The molecular weight excluding hydrogens is 586 g/mol. The number of hydrogen-bond donors (Lipinski definition) is 0. The van der Waals surface area contributed by atoms with Gasteiger partial charge in [0.05, 0.1) is 21.3 Å². The molecule has 37 heavy (non-hydrogen) atoms. The van der Waals surface area contributed by atoms with E-state index in [2.05, 4.69) is 34.7 Å². The van der Waals surface area contributed by atoms with Crippen LogP contribution in [0.15, 0.2) is 70.6 Å². The molecule has 188 valence electrons. The first-order valence-electron chi connectivity index (χ1n) is 11.7. The third-order valence-corrected chi connectivity index (χ3v) is 9.82. The lowest BCUT2D eigenvalue weighted by atomic mass is 9.96. The maximum atomic E-state index is 6.66. The van der Waals surface area contributed by atoms with Crippen molar-refractivity contribution in [3.05, 3.63) is 97.1 Å². The number of benzene rings is 2. The van der Waals surface area contributed by atoms with Crippen molar-refractivity contribution in [3.8, 4) is 16.4 Å². The van der Waals surface area contributed by atoms with Crippen LogP contribution in [0.1, 0.15) is 41.4 Å². The van der Waals surface area contributed by atoms with Crippen LogP contribution in [0, 0.1) is 0 Å². The highest BCUT2D eigenvalue weighted by Gasteiger charge is 2.49. The van der Waals surface area contributed by atoms with Gasteiger partial charge in [-0.25, -0.2) is 4.68 Å². The van der Waals surface area contributed by atoms with Gasteiger partial charge in [0.2, 0.25) is 0 Å². The average molecular weight is 606 g/mol. The van der Waals surface area contributed by atoms with E-state index in [1.807, 2.05) is 41.1 Å². The molecule has 2 aliphatic carbocycles. The first-order chi connectivity index (χ1) is 17.9. The predicted octanol–water partition coefficient (Wildman–Crippen LogP) is 9.32. The Morgan fingerprint density at radius 2 is 1.76 bits per heavy atom. The topological polar surface area (TPSA) is 43.6 Å². The fraction of sp³-hybridized carbons (Fsp3) is 0.222. The Kier molecular flexibility index (Phi) is 6.93. The van der Waals surface area contributed by atoms with Crippen molar-refractivity contribution in [3.63, 3.8) is 0 Å². The summed E-state index contributed by atoms with van der Waals surface area (Å²) in [5, 5.41) is 18.7. The Hall–Kier alpha value is -1.80. The van der Waals surface area contributed by atoms with Crippen LogP contribution in [0.25, 0.3) is 16.4 Å². The van der Waals surface area contributed by atoms with Gasteiger partial charge in [0.15, 0.2) is 5.01 Å². The highest BCUT2D eigenvalue weighted by molar-refractivity contribution is 7.98. The zero-order chi connectivity index (χ0) is 25.7. The zero-order valence-electron chi connectivity index (χ0n) is 19.6. The summed E-state index contributed by atoms with van der Waals surface area (Å²) in [6.07, 6.45) is 11.0. The van der Waals surface area contributed by atoms with Gasteiger partial charge >= 0.3 is 0 Å². The third kappa shape index (κ3) is 4.66. The summed E-state index contributed by atoms with van der Waals surface area (Å²) in [6.45, 7) is 0. The van der Waals surface area contributed by atoms with Crippen molar-refractivity contribution in [2.24, 2.45) is 0 Å². The van der Waals surface area contributed by atoms with E-state index in [1.54, 1.807) is 29.2 Å². The molecule has 0 saturated heterocycles. The standard InChI is InChI=1S/C27H20Cl4N4S2/c1-36-24-22(25-32-33-26(37-25)27(12-13-27)16-4-8-18(29)9-5-16)34-35(21-11-10-19(30)14-20(21)31)23(24)15-2-6-17(28)7-3-15/h2,4-11,14-15H,3,12-13H2,1H3. The number of hydrogen-bond acceptors (Lipinski definition) is 5. The van der Waals surface area contributed by atoms with Crippen molar-refractivity contribution in [2.75, 3.05) is 6.26 Å². The number of aromatic nitrogens is 4. The Morgan fingerprint density at radius 3 is 2.41 bits per heavy atom. The van der Waals surface area contributed by atoms with Gasteiger partial charge < -0.3 is 0 Å². The van der Waals surface area contributed by atoms with Crippen molar-refractivity contribution < 1.29 is 0 Å². The monoisotopic (exact) mass is 604 g/mol. The lowest BCUT2D eigenvalue weighted by Crippen LogP contribution is -2.08. The molecule has 1 atom stereocenters. The summed E-state index contributed by atoms with van der Waals surface area (Å²) in [6, 6.07) is 13.5. The predicted molar refractivity (Wildman–Crippen MR) is 156 cm³/mol. The molecule has 2 aromatic heterocycles. The molecule has 0 amide bonds. The van der Waals surface area contributed by atoms with E-state index in [-0.39, 0.29) is 11.3 Å². The van der Waals surface area contributed by atoms with E-state index in [0.717, 1.165) is 61.3 Å². The number of allylic oxidation sites excluding steroid dienone is 4. The Morgan fingerprint density at radius 1 is 1.00 bits per heavy atom. The molecule has 4 nitrogen and oxygen atoms in total. The molecule has 0 radical (unpaired) electrons. The smallest absolute Gasteiger partial charge is 0.169 e. The van der Waals surface area contributed by atoms with Crippen LogP contribution >= 0.6 is 69.5 Å². The van der Waals surface area contributed by atoms with Crippen LogP contribution in [-0.2, 0) is 5.41 Å². The molecular formula is C27H20Cl4N4S2. The molecule has 1 unspecified atom stereocenters. The SMILES string of the molecule is CSc1c(-c2nnc(C3(c4ccc(Cl)cc4)CC3)s2)nn(-c2ccc(Cl)cc2Cl)c1C1C=CC(Cl)=CC1. The molecule has 10 heteroatoms. The third-order valence-electron chi connectivity index (χ3n) is 6.81. The summed E-state index contributed by atoms with van der Waals surface area (Å²) in [4.78, 5) is 1.05. The Labute approximate surface area is 243 Å². The second-order valence-corrected chi connectivity index (χ2v) is 12.6. The van der Waals surface area contributed by atoms with E-state index >= 15 is 0 Å². The molecule has 2 aliphatic rings. The van der Waals surface area contributed by atoms with Crippen LogP contribution in [-0.4, -0.2) is 26.2 Å². The minimum atomic E-state index is -0.0987. The quantitative estimate of drug-likeness (QED) is 0.205. The average Bonchev–Trinajstić information content (AvgIpc) is 3.38. The highest BCUT2D eigenvalue weighted by Crippen LogP contribution is 2.55. The van der Waals surface area contributed by atoms with Gasteiger partial charge in [-0.3, -0.25) is 0 Å². The molecule has 1 saturated carbocycles. The Bertz CT molecular complexity index is 1550. The van der Waals surface area contributed by atoms with Gasteiger partial charge in [0.25, 0.3) is 0 Å². The van der Waals surface area contributed by atoms with E-state index in [0.29, 0.717) is 10.0 Å². The van der Waals surface area contributed by atoms with Crippen molar-refractivity contribution in [2.45, 2.75) is 35.5 Å². The van der Waals surface area contributed by atoms with Crippen LogP contribution in [0.2, 0.25) is 15.1 Å². The maximum absolute atomic E-state index is 6.66. The molecule has 0 aliphatic heterocycles. The molecule has 2 heterocycles. The van der Waals surface area contributed by atoms with Gasteiger partial charge in [-0.2, -0.15) is 5.10 Å². The van der Waals surface area contributed by atoms with Gasteiger partial charge in [0.1, 0.15) is 10.7 Å². The summed E-state index contributed by atoms with van der Waals surface area (Å²) < 4.78 is 1.93. The summed E-state index contributed by atoms with van der Waals surface area (Å²) >= 11 is 28.5. The van der Waals surface area contributed by atoms with Crippen molar-refractivity contribution in [1.82, 2.24) is 20.0 Å². The van der Waals surface area contributed by atoms with Crippen LogP contribution in [0.5, 0.6) is 0 Å². The first-order valence-corrected chi connectivity index (χ1v) is 15.2. The second kappa shape index (κ2) is 10.1. The Balaban J connectivity index is 1.47. The van der Waals surface area contributed by atoms with E-state index < -0.39 is 0 Å². The summed E-state index contributed by atoms with van der Waals surface area (Å²) in [5.41, 5.74) is 3.73. The van der Waals surface area contributed by atoms with Crippen molar-refractivity contribution in [1.29, 1.82) is 0 Å². The molecule has 1 fully saturated rings.